The molecule has 0 aromatic heterocycles. The molecule has 0 spiro atoms. The molecule has 5 heteroatoms. The second-order valence-electron chi connectivity index (χ2n) is 6.29. The highest BCUT2D eigenvalue weighted by Gasteiger charge is 2.46. The SMILES string of the molecule is CC(C)([SiH2]O[SiH3])C(c1ccccc1)C(C)(C)C(=O)O. The molecule has 0 aliphatic carbocycles. The molecule has 1 aromatic rings. The average Bonchev–Trinajstić information content (AvgIpc) is 2.29. The van der Waals surface area contributed by atoms with Gasteiger partial charge in [-0.15, -0.1) is 0 Å². The number of hydrogen-bond donors (Lipinski definition) is 1. The van der Waals surface area contributed by atoms with E-state index >= 15 is 0 Å². The van der Waals surface area contributed by atoms with Crippen molar-refractivity contribution in [1.29, 1.82) is 0 Å². The second kappa shape index (κ2) is 6.02. The number of carboxylic acids is 1. The van der Waals surface area contributed by atoms with Crippen LogP contribution < -0.4 is 0 Å². The normalized spacial score (nSPS) is 14.9. The largest absolute Gasteiger partial charge is 0.481 e. The third-order valence-electron chi connectivity index (χ3n) is 3.70. The van der Waals surface area contributed by atoms with Gasteiger partial charge in [-0.3, -0.25) is 4.79 Å². The molecule has 19 heavy (non-hydrogen) atoms. The van der Waals surface area contributed by atoms with Crippen LogP contribution in [0.5, 0.6) is 0 Å². The summed E-state index contributed by atoms with van der Waals surface area (Å²) in [5.41, 5.74) is 0.281. The lowest BCUT2D eigenvalue weighted by molar-refractivity contribution is -0.148. The zero-order chi connectivity index (χ0) is 14.7. The summed E-state index contributed by atoms with van der Waals surface area (Å²) in [5, 5.41) is 9.50. The number of rotatable bonds is 6. The maximum Gasteiger partial charge on any atom is 0.309 e. The van der Waals surface area contributed by atoms with Crippen LogP contribution in [0.25, 0.3) is 0 Å². The minimum absolute atomic E-state index is 0.0423. The number of carbonyl (C=O) groups is 1. The molecule has 0 aliphatic heterocycles. The molecule has 0 bridgehead atoms. The summed E-state index contributed by atoms with van der Waals surface area (Å²) in [7, 11) is -0.0296. The first-order chi connectivity index (χ1) is 8.73. The van der Waals surface area contributed by atoms with E-state index in [1.54, 1.807) is 0 Å². The molecule has 106 valence electrons. The van der Waals surface area contributed by atoms with Gasteiger partial charge in [-0.05, 0) is 24.4 Å². The van der Waals surface area contributed by atoms with Crippen LogP contribution in [0, 0.1) is 5.41 Å². The molecule has 1 rings (SSSR count). The molecule has 0 saturated carbocycles. The molecule has 0 radical (unpaired) electrons. The average molecular weight is 297 g/mol. The molecular weight excluding hydrogens is 272 g/mol. The van der Waals surface area contributed by atoms with Crippen LogP contribution >= 0.6 is 0 Å². The highest BCUT2D eigenvalue weighted by Crippen LogP contribution is 2.51. The number of aliphatic carboxylic acids is 1. The molecular formula is C14H24O3Si2. The van der Waals surface area contributed by atoms with Crippen molar-refractivity contribution in [3.05, 3.63) is 35.9 Å². The van der Waals surface area contributed by atoms with Gasteiger partial charge in [-0.2, -0.15) is 0 Å². The molecule has 1 unspecified atom stereocenters. The third-order valence-corrected chi connectivity index (χ3v) is 6.01. The minimum atomic E-state index is -0.808. The van der Waals surface area contributed by atoms with Gasteiger partial charge in [0.15, 0.2) is 9.76 Å². The highest BCUT2D eigenvalue weighted by molar-refractivity contribution is 6.38. The summed E-state index contributed by atoms with van der Waals surface area (Å²) >= 11 is 0. The summed E-state index contributed by atoms with van der Waals surface area (Å²) in [6.45, 7) is 7.91. The van der Waals surface area contributed by atoms with Crippen molar-refractivity contribution in [3.63, 3.8) is 0 Å². The number of carboxylic acid groups (broad SMARTS) is 1. The van der Waals surface area contributed by atoms with Crippen LogP contribution in [0.1, 0.15) is 39.2 Å². The van der Waals surface area contributed by atoms with Gasteiger partial charge in [0.25, 0.3) is 0 Å². The van der Waals surface area contributed by atoms with Gasteiger partial charge in [0.2, 0.25) is 0 Å². The monoisotopic (exact) mass is 296 g/mol. The van der Waals surface area contributed by atoms with Gasteiger partial charge in [0.05, 0.1) is 5.41 Å². The Labute approximate surface area is 120 Å². The predicted octanol–water partition coefficient (Wildman–Crippen LogP) is 1.46. The van der Waals surface area contributed by atoms with Crippen molar-refractivity contribution >= 4 is 26.2 Å². The van der Waals surface area contributed by atoms with Crippen LogP contribution in [0.2, 0.25) is 5.04 Å². The first-order valence-corrected chi connectivity index (χ1v) is 8.61. The molecule has 0 fully saturated rings. The van der Waals surface area contributed by atoms with Gasteiger partial charge in [-0.1, -0.05) is 44.2 Å². The smallest absolute Gasteiger partial charge is 0.309 e. The van der Waals surface area contributed by atoms with E-state index in [0.29, 0.717) is 0 Å². The first kappa shape index (κ1) is 16.1. The van der Waals surface area contributed by atoms with E-state index in [1.165, 1.54) is 0 Å². The maximum atomic E-state index is 11.7. The van der Waals surface area contributed by atoms with E-state index in [9.17, 15) is 9.90 Å². The van der Waals surface area contributed by atoms with E-state index in [-0.39, 0.29) is 11.0 Å². The van der Waals surface area contributed by atoms with Crippen molar-refractivity contribution in [1.82, 2.24) is 0 Å². The summed E-state index contributed by atoms with van der Waals surface area (Å²) in [6.07, 6.45) is 0. The van der Waals surface area contributed by atoms with Crippen molar-refractivity contribution in [2.45, 2.75) is 38.7 Å². The Morgan fingerprint density at radius 2 is 1.79 bits per heavy atom. The van der Waals surface area contributed by atoms with Crippen LogP contribution in [-0.2, 0) is 8.91 Å². The number of hydrogen-bond acceptors (Lipinski definition) is 2. The van der Waals surface area contributed by atoms with E-state index in [4.69, 9.17) is 4.12 Å². The Kier molecular flexibility index (Phi) is 5.12. The number of benzene rings is 1. The van der Waals surface area contributed by atoms with E-state index in [1.807, 2.05) is 44.2 Å². The molecule has 1 atom stereocenters. The van der Waals surface area contributed by atoms with Gasteiger partial charge in [-0.25, -0.2) is 0 Å². The van der Waals surface area contributed by atoms with Crippen LogP contribution in [0.15, 0.2) is 30.3 Å². The molecule has 1 aromatic carbocycles. The van der Waals surface area contributed by atoms with Crippen molar-refractivity contribution in [3.8, 4) is 0 Å². The minimum Gasteiger partial charge on any atom is -0.481 e. The van der Waals surface area contributed by atoms with Crippen LogP contribution in [0.3, 0.4) is 0 Å². The molecule has 0 saturated heterocycles. The van der Waals surface area contributed by atoms with Gasteiger partial charge in [0.1, 0.15) is 10.5 Å². The van der Waals surface area contributed by atoms with Crippen molar-refractivity contribution < 1.29 is 14.0 Å². The topological polar surface area (TPSA) is 46.5 Å². The van der Waals surface area contributed by atoms with Gasteiger partial charge >= 0.3 is 5.97 Å². The summed E-state index contributed by atoms with van der Waals surface area (Å²) in [6, 6.07) is 9.96. The lowest BCUT2D eigenvalue weighted by atomic mass is 9.69. The van der Waals surface area contributed by atoms with E-state index in [2.05, 4.69) is 13.8 Å². The Morgan fingerprint density at radius 3 is 2.21 bits per heavy atom. The fourth-order valence-electron chi connectivity index (χ4n) is 3.07. The van der Waals surface area contributed by atoms with Crippen LogP contribution in [0.4, 0.5) is 0 Å². The summed E-state index contributed by atoms with van der Waals surface area (Å²) in [4.78, 5) is 11.7. The molecule has 0 heterocycles. The van der Waals surface area contributed by atoms with E-state index in [0.717, 1.165) is 16.0 Å². The summed E-state index contributed by atoms with van der Waals surface area (Å²) < 4.78 is 5.57. The van der Waals surface area contributed by atoms with Crippen molar-refractivity contribution in [2.75, 3.05) is 0 Å². The van der Waals surface area contributed by atoms with Crippen LogP contribution in [-0.4, -0.2) is 31.3 Å². The zero-order valence-corrected chi connectivity index (χ0v) is 15.8. The lowest BCUT2D eigenvalue weighted by Gasteiger charge is -2.42. The first-order valence-electron chi connectivity index (χ1n) is 6.50. The summed E-state index contributed by atoms with van der Waals surface area (Å²) in [5.74, 6) is -0.795. The Balaban J connectivity index is 3.31. The quantitative estimate of drug-likeness (QED) is 0.809. The van der Waals surface area contributed by atoms with Crippen molar-refractivity contribution in [2.24, 2.45) is 5.41 Å². The second-order valence-corrected chi connectivity index (χ2v) is 10.7. The maximum absolute atomic E-state index is 11.7. The Morgan fingerprint density at radius 1 is 1.26 bits per heavy atom. The molecule has 3 nitrogen and oxygen atoms in total. The predicted molar refractivity (Wildman–Crippen MR) is 84.2 cm³/mol. The van der Waals surface area contributed by atoms with Gasteiger partial charge in [0, 0.05) is 5.92 Å². The molecule has 0 aliphatic rings. The highest BCUT2D eigenvalue weighted by atomic mass is 28.3. The molecule has 0 amide bonds. The fourth-order valence-corrected chi connectivity index (χ4v) is 6.96. The molecule has 1 N–H and O–H groups in total. The Hall–Kier alpha value is -0.916. The van der Waals surface area contributed by atoms with Gasteiger partial charge < -0.3 is 9.22 Å². The van der Waals surface area contributed by atoms with E-state index < -0.39 is 21.1 Å². The standard InChI is InChI=1S/C14H24O3Si2/c1-13(2,12(15)16)11(14(3,4)19-17-18)10-8-6-5-7-9-10/h5-9,11H,19H2,1-4,18H3,(H,15,16). The Bertz CT molecular complexity index is 430. The fraction of sp³-hybridized carbons (Fsp3) is 0.500. The third kappa shape index (κ3) is 3.55. The zero-order valence-electron chi connectivity index (χ0n) is 12.4. The lowest BCUT2D eigenvalue weighted by Crippen LogP contribution is -2.39.